The van der Waals surface area contributed by atoms with Gasteiger partial charge in [0.2, 0.25) is 0 Å². The molecule has 0 bridgehead atoms. The molecule has 3 rings (SSSR count). The molecular formula is C18H23ClN4OS. The van der Waals surface area contributed by atoms with Crippen molar-refractivity contribution in [2.75, 3.05) is 26.2 Å². The van der Waals surface area contributed by atoms with Gasteiger partial charge in [-0.15, -0.1) is 11.3 Å². The number of nitrogens with zero attached hydrogens (tertiary/aromatic N) is 3. The van der Waals surface area contributed by atoms with Crippen molar-refractivity contribution in [1.82, 2.24) is 20.1 Å². The maximum atomic E-state index is 12.5. The largest absolute Gasteiger partial charge is 0.330 e. The zero-order valence-corrected chi connectivity index (χ0v) is 16.1. The molecule has 1 aliphatic heterocycles. The first kappa shape index (κ1) is 18.2. The summed E-state index contributed by atoms with van der Waals surface area (Å²) in [5, 5.41) is 6.83. The van der Waals surface area contributed by atoms with Gasteiger partial charge in [0.25, 0.3) is 0 Å². The molecule has 5 nitrogen and oxygen atoms in total. The zero-order valence-electron chi connectivity index (χ0n) is 14.5. The topological polar surface area (TPSA) is 48.5 Å². The molecule has 1 atom stereocenters. The third kappa shape index (κ3) is 4.93. The minimum absolute atomic E-state index is 0.0134. The van der Waals surface area contributed by atoms with Gasteiger partial charge in [-0.2, -0.15) is 0 Å². The van der Waals surface area contributed by atoms with Crippen LogP contribution in [-0.2, 0) is 6.54 Å². The van der Waals surface area contributed by atoms with Crippen LogP contribution in [0.15, 0.2) is 29.6 Å². The predicted molar refractivity (Wildman–Crippen MR) is 102 cm³/mol. The Hall–Kier alpha value is -1.63. The van der Waals surface area contributed by atoms with Crippen LogP contribution in [0.1, 0.15) is 29.2 Å². The van der Waals surface area contributed by atoms with E-state index in [1.165, 1.54) is 5.56 Å². The molecule has 0 radical (unpaired) electrons. The van der Waals surface area contributed by atoms with Crippen LogP contribution >= 0.6 is 22.9 Å². The summed E-state index contributed by atoms with van der Waals surface area (Å²) in [6.07, 6.45) is 0. The van der Waals surface area contributed by atoms with Crippen LogP contribution in [0, 0.1) is 6.92 Å². The quantitative estimate of drug-likeness (QED) is 0.882. The number of thiazole rings is 1. The number of amides is 2. The molecule has 2 amide bonds. The number of hydrogen-bond donors (Lipinski definition) is 1. The first-order chi connectivity index (χ1) is 12.0. The monoisotopic (exact) mass is 378 g/mol. The second kappa shape index (κ2) is 8.17. The highest BCUT2D eigenvalue weighted by Gasteiger charge is 2.23. The number of rotatable bonds is 4. The van der Waals surface area contributed by atoms with E-state index in [1.807, 2.05) is 42.3 Å². The van der Waals surface area contributed by atoms with Gasteiger partial charge in [0.15, 0.2) is 0 Å². The minimum Gasteiger partial charge on any atom is -0.330 e. The van der Waals surface area contributed by atoms with Crippen LogP contribution in [-0.4, -0.2) is 47.0 Å². The third-order valence-corrected chi connectivity index (χ3v) is 5.40. The van der Waals surface area contributed by atoms with Crippen molar-refractivity contribution in [2.45, 2.75) is 26.4 Å². The van der Waals surface area contributed by atoms with Gasteiger partial charge < -0.3 is 10.2 Å². The number of halogens is 1. The van der Waals surface area contributed by atoms with E-state index in [1.54, 1.807) is 11.3 Å². The molecule has 2 aromatic rings. The van der Waals surface area contributed by atoms with Crippen molar-refractivity contribution in [3.8, 4) is 0 Å². The van der Waals surface area contributed by atoms with Crippen molar-refractivity contribution in [3.63, 3.8) is 0 Å². The summed E-state index contributed by atoms with van der Waals surface area (Å²) in [6, 6.07) is 7.87. The predicted octanol–water partition coefficient (Wildman–Crippen LogP) is 3.69. The number of nitrogens with one attached hydrogen (secondary N) is 1. The van der Waals surface area contributed by atoms with E-state index in [-0.39, 0.29) is 12.1 Å². The van der Waals surface area contributed by atoms with E-state index in [2.05, 4.69) is 21.3 Å². The summed E-state index contributed by atoms with van der Waals surface area (Å²) in [4.78, 5) is 21.1. The summed E-state index contributed by atoms with van der Waals surface area (Å²) < 4.78 is 0. The highest BCUT2D eigenvalue weighted by atomic mass is 35.5. The van der Waals surface area contributed by atoms with Crippen LogP contribution in [0.3, 0.4) is 0 Å². The molecule has 0 saturated carbocycles. The fraction of sp³-hybridized carbons (Fsp3) is 0.444. The summed E-state index contributed by atoms with van der Waals surface area (Å²) >= 11 is 7.65. The number of benzene rings is 1. The average Bonchev–Trinajstić information content (AvgIpc) is 3.02. The highest BCUT2D eigenvalue weighted by molar-refractivity contribution is 7.09. The van der Waals surface area contributed by atoms with E-state index >= 15 is 0 Å². The van der Waals surface area contributed by atoms with Crippen molar-refractivity contribution < 1.29 is 4.79 Å². The second-order valence-corrected chi connectivity index (χ2v) is 7.85. The molecule has 1 fully saturated rings. The lowest BCUT2D eigenvalue weighted by Gasteiger charge is -2.35. The zero-order chi connectivity index (χ0) is 17.8. The standard InChI is InChI=1S/C18H23ClN4OS/c1-13(17-12-25-14(2)21-17)20-18(24)23-8-6-22(7-9-23)11-15-4-3-5-16(19)10-15/h3-5,10,12-13H,6-9,11H2,1-2H3,(H,20,24)/t13-/m1/s1. The summed E-state index contributed by atoms with van der Waals surface area (Å²) in [5.41, 5.74) is 2.13. The number of carbonyl (C=O) groups excluding carboxylic acids is 1. The Labute approximate surface area is 157 Å². The Morgan fingerprint density at radius 2 is 2.12 bits per heavy atom. The number of hydrogen-bond acceptors (Lipinski definition) is 4. The van der Waals surface area contributed by atoms with Crippen molar-refractivity contribution in [1.29, 1.82) is 0 Å². The maximum absolute atomic E-state index is 12.5. The molecule has 25 heavy (non-hydrogen) atoms. The van der Waals surface area contributed by atoms with Gasteiger partial charge >= 0.3 is 6.03 Å². The van der Waals surface area contributed by atoms with Gasteiger partial charge in [-0.1, -0.05) is 23.7 Å². The third-order valence-electron chi connectivity index (χ3n) is 4.38. The van der Waals surface area contributed by atoms with Crippen LogP contribution < -0.4 is 5.32 Å². The molecule has 0 spiro atoms. The van der Waals surface area contributed by atoms with E-state index in [0.29, 0.717) is 0 Å². The van der Waals surface area contributed by atoms with E-state index in [9.17, 15) is 4.79 Å². The lowest BCUT2D eigenvalue weighted by molar-refractivity contribution is 0.133. The first-order valence-electron chi connectivity index (χ1n) is 8.45. The Balaban J connectivity index is 1.47. The van der Waals surface area contributed by atoms with E-state index in [4.69, 9.17) is 11.6 Å². The minimum atomic E-state index is -0.0676. The van der Waals surface area contributed by atoms with Gasteiger partial charge in [-0.25, -0.2) is 9.78 Å². The Kier molecular flexibility index (Phi) is 5.93. The van der Waals surface area contributed by atoms with Crippen LogP contribution in [0.5, 0.6) is 0 Å². The molecular weight excluding hydrogens is 356 g/mol. The van der Waals surface area contributed by atoms with Crippen LogP contribution in [0.2, 0.25) is 5.02 Å². The molecule has 2 heterocycles. The number of urea groups is 1. The maximum Gasteiger partial charge on any atom is 0.318 e. The highest BCUT2D eigenvalue weighted by Crippen LogP contribution is 2.17. The van der Waals surface area contributed by atoms with Crippen LogP contribution in [0.25, 0.3) is 0 Å². The Morgan fingerprint density at radius 1 is 1.36 bits per heavy atom. The van der Waals surface area contributed by atoms with E-state index in [0.717, 1.165) is 48.4 Å². The number of aryl methyl sites for hydroxylation is 1. The van der Waals surface area contributed by atoms with E-state index < -0.39 is 0 Å². The van der Waals surface area contributed by atoms with Gasteiger partial charge in [0.1, 0.15) is 0 Å². The van der Waals surface area contributed by atoms with Gasteiger partial charge in [0, 0.05) is 43.1 Å². The van der Waals surface area contributed by atoms with Crippen molar-refractivity contribution in [2.24, 2.45) is 0 Å². The van der Waals surface area contributed by atoms with Gasteiger partial charge in [-0.05, 0) is 31.5 Å². The molecule has 1 aromatic heterocycles. The molecule has 1 saturated heterocycles. The van der Waals surface area contributed by atoms with Gasteiger partial charge in [-0.3, -0.25) is 4.90 Å². The second-order valence-electron chi connectivity index (χ2n) is 6.36. The fourth-order valence-corrected chi connectivity index (χ4v) is 3.85. The number of aromatic nitrogens is 1. The summed E-state index contributed by atoms with van der Waals surface area (Å²) in [5.74, 6) is 0. The molecule has 0 unspecified atom stereocenters. The normalized spacial score (nSPS) is 16.7. The summed E-state index contributed by atoms with van der Waals surface area (Å²) in [6.45, 7) is 8.01. The molecule has 1 aromatic carbocycles. The molecule has 7 heteroatoms. The lowest BCUT2D eigenvalue weighted by atomic mass is 10.2. The molecule has 0 aliphatic carbocycles. The summed E-state index contributed by atoms with van der Waals surface area (Å²) in [7, 11) is 0. The Morgan fingerprint density at radius 3 is 2.76 bits per heavy atom. The fourth-order valence-electron chi connectivity index (χ4n) is 2.93. The SMILES string of the molecule is Cc1nc([C@@H](C)NC(=O)N2CCN(Cc3cccc(Cl)c3)CC2)cs1. The van der Waals surface area contributed by atoms with Crippen molar-refractivity contribution in [3.05, 3.63) is 50.9 Å². The van der Waals surface area contributed by atoms with Crippen LogP contribution in [0.4, 0.5) is 4.79 Å². The first-order valence-corrected chi connectivity index (χ1v) is 9.71. The average molecular weight is 379 g/mol. The molecule has 1 aliphatic rings. The van der Waals surface area contributed by atoms with Crippen molar-refractivity contribution >= 4 is 29.0 Å². The molecule has 1 N–H and O–H groups in total. The lowest BCUT2D eigenvalue weighted by Crippen LogP contribution is -2.51. The Bertz CT molecular complexity index is 727. The van der Waals surface area contributed by atoms with Gasteiger partial charge in [0.05, 0.1) is 16.7 Å². The smallest absolute Gasteiger partial charge is 0.318 e. The number of piperazine rings is 1. The molecule has 134 valence electrons. The number of carbonyl (C=O) groups is 1.